The minimum absolute atomic E-state index is 0.0635. The summed E-state index contributed by atoms with van der Waals surface area (Å²) in [6.07, 6.45) is 14.6. The van der Waals surface area contributed by atoms with Gasteiger partial charge in [-0.3, -0.25) is 4.98 Å². The molecule has 0 unspecified atom stereocenters. The van der Waals surface area contributed by atoms with Crippen LogP contribution in [0.25, 0.3) is 32.1 Å². The summed E-state index contributed by atoms with van der Waals surface area (Å²) in [5.41, 5.74) is 8.18. The van der Waals surface area contributed by atoms with Crippen molar-refractivity contribution in [2.45, 2.75) is 135 Å². The highest BCUT2D eigenvalue weighted by Gasteiger charge is 2.53. The number of thiophene rings is 1. The number of hydrogen-bond donors (Lipinski definition) is 0. The maximum absolute atomic E-state index is 5.15. The lowest BCUT2D eigenvalue weighted by Gasteiger charge is -2.51. The molecule has 0 aliphatic heterocycles. The van der Waals surface area contributed by atoms with Crippen LogP contribution in [0.1, 0.15) is 117 Å². The lowest BCUT2D eigenvalue weighted by Crippen LogP contribution is -2.59. The molecular formula is C38H53NSSi. The van der Waals surface area contributed by atoms with Gasteiger partial charge in [0.1, 0.15) is 8.07 Å². The van der Waals surface area contributed by atoms with Gasteiger partial charge in [0.25, 0.3) is 0 Å². The summed E-state index contributed by atoms with van der Waals surface area (Å²) in [5.74, 6) is 0. The summed E-state index contributed by atoms with van der Waals surface area (Å²) in [6, 6.07) is 16.1. The summed E-state index contributed by atoms with van der Waals surface area (Å²) in [4.78, 5) is 5.15. The zero-order valence-electron chi connectivity index (χ0n) is 27.1. The summed E-state index contributed by atoms with van der Waals surface area (Å²) in [7, 11) is -1.87. The highest BCUT2D eigenvalue weighted by molar-refractivity contribution is 7.33. The first kappa shape index (κ1) is 30.5. The van der Waals surface area contributed by atoms with Gasteiger partial charge in [0.2, 0.25) is 0 Å². The number of pyridine rings is 1. The Hall–Kier alpha value is -1.97. The van der Waals surface area contributed by atoms with E-state index in [9.17, 15) is 0 Å². The third kappa shape index (κ3) is 5.24. The number of hydrogen-bond acceptors (Lipinski definition) is 2. The Balaban J connectivity index is 1.81. The highest BCUT2D eigenvalue weighted by Crippen LogP contribution is 2.55. The van der Waals surface area contributed by atoms with Gasteiger partial charge in [-0.2, -0.15) is 0 Å². The number of aryl methyl sites for hydroxylation is 1. The van der Waals surface area contributed by atoms with Crippen LogP contribution in [0.15, 0.2) is 48.7 Å². The van der Waals surface area contributed by atoms with Crippen LogP contribution in [0.5, 0.6) is 0 Å². The van der Waals surface area contributed by atoms with Gasteiger partial charge in [-0.1, -0.05) is 131 Å². The molecule has 2 aromatic carbocycles. The normalized spacial score (nSPS) is 15.6. The Morgan fingerprint density at radius 2 is 1.49 bits per heavy atom. The predicted molar refractivity (Wildman–Crippen MR) is 187 cm³/mol. The SMILES string of the molecule is CCC(CC)[Si](c1sc2c(-c3cc(C(C)(C)C)c4ccccc4c3)nccc2c1C)(C(CC)CC)C1CCCCC1. The monoisotopic (exact) mass is 583 g/mol. The molecule has 220 valence electrons. The fourth-order valence-electron chi connectivity index (χ4n) is 8.90. The molecule has 0 bridgehead atoms. The van der Waals surface area contributed by atoms with Gasteiger partial charge in [-0.05, 0) is 78.9 Å². The van der Waals surface area contributed by atoms with Crippen molar-refractivity contribution in [1.29, 1.82) is 0 Å². The minimum Gasteiger partial charge on any atom is -0.255 e. The van der Waals surface area contributed by atoms with Gasteiger partial charge < -0.3 is 0 Å². The van der Waals surface area contributed by atoms with Gasteiger partial charge in [-0.25, -0.2) is 0 Å². The predicted octanol–water partition coefficient (Wildman–Crippen LogP) is 12.1. The first-order chi connectivity index (χ1) is 19.7. The van der Waals surface area contributed by atoms with Crippen molar-refractivity contribution in [3.05, 3.63) is 59.8 Å². The van der Waals surface area contributed by atoms with Crippen LogP contribution in [-0.2, 0) is 5.41 Å². The molecule has 0 N–H and O–H groups in total. The maximum Gasteiger partial charge on any atom is 0.109 e. The Morgan fingerprint density at radius 3 is 2.10 bits per heavy atom. The van der Waals surface area contributed by atoms with Gasteiger partial charge >= 0.3 is 0 Å². The van der Waals surface area contributed by atoms with Gasteiger partial charge in [0, 0.05) is 11.8 Å². The second kappa shape index (κ2) is 12.3. The molecule has 0 amide bonds. The number of aromatic nitrogens is 1. The van der Waals surface area contributed by atoms with Crippen LogP contribution < -0.4 is 4.50 Å². The topological polar surface area (TPSA) is 12.9 Å². The molecule has 1 nitrogen and oxygen atoms in total. The molecule has 1 fully saturated rings. The molecule has 41 heavy (non-hydrogen) atoms. The summed E-state index contributed by atoms with van der Waals surface area (Å²) in [5, 5.41) is 4.15. The van der Waals surface area contributed by atoms with Crippen molar-refractivity contribution in [3.8, 4) is 11.3 Å². The van der Waals surface area contributed by atoms with Crippen molar-refractivity contribution in [3.63, 3.8) is 0 Å². The summed E-state index contributed by atoms with van der Waals surface area (Å²) < 4.78 is 3.27. The van der Waals surface area contributed by atoms with E-state index in [1.165, 1.54) is 95.5 Å². The van der Waals surface area contributed by atoms with Crippen LogP contribution in [-0.4, -0.2) is 13.1 Å². The van der Waals surface area contributed by atoms with E-state index in [2.05, 4.69) is 115 Å². The van der Waals surface area contributed by atoms with E-state index >= 15 is 0 Å². The van der Waals surface area contributed by atoms with Crippen molar-refractivity contribution >= 4 is 44.8 Å². The van der Waals surface area contributed by atoms with E-state index in [-0.39, 0.29) is 5.41 Å². The molecule has 0 saturated heterocycles. The lowest BCUT2D eigenvalue weighted by molar-refractivity contribution is 0.474. The Kier molecular flexibility index (Phi) is 9.17. The van der Waals surface area contributed by atoms with Crippen LogP contribution in [0, 0.1) is 6.92 Å². The van der Waals surface area contributed by atoms with E-state index in [1.54, 1.807) is 5.56 Å². The molecule has 0 atom stereocenters. The van der Waals surface area contributed by atoms with Crippen LogP contribution in [0.2, 0.25) is 16.6 Å². The quantitative estimate of drug-likeness (QED) is 0.179. The fourth-order valence-corrected chi connectivity index (χ4v) is 20.4. The van der Waals surface area contributed by atoms with E-state index in [0.29, 0.717) is 0 Å². The smallest absolute Gasteiger partial charge is 0.109 e. The van der Waals surface area contributed by atoms with Crippen molar-refractivity contribution < 1.29 is 0 Å². The van der Waals surface area contributed by atoms with E-state index < -0.39 is 8.07 Å². The molecule has 1 aliphatic carbocycles. The summed E-state index contributed by atoms with van der Waals surface area (Å²) in [6.45, 7) is 19.5. The second-order valence-corrected chi connectivity index (χ2v) is 20.1. The fraction of sp³-hybridized carbons (Fsp3) is 0.553. The zero-order chi connectivity index (χ0) is 29.4. The van der Waals surface area contributed by atoms with Crippen molar-refractivity contribution in [2.24, 2.45) is 0 Å². The molecule has 4 aromatic rings. The third-order valence-electron chi connectivity index (χ3n) is 10.8. The van der Waals surface area contributed by atoms with Gasteiger partial charge in [0.15, 0.2) is 0 Å². The molecule has 3 heteroatoms. The molecule has 0 radical (unpaired) electrons. The lowest BCUT2D eigenvalue weighted by atomic mass is 9.82. The molecule has 5 rings (SSSR count). The maximum atomic E-state index is 5.15. The van der Waals surface area contributed by atoms with E-state index in [4.69, 9.17) is 4.98 Å². The van der Waals surface area contributed by atoms with Crippen LogP contribution >= 0.6 is 11.3 Å². The Labute approximate surface area is 255 Å². The molecule has 2 aromatic heterocycles. The average Bonchev–Trinajstić information content (AvgIpc) is 3.33. The third-order valence-corrected chi connectivity index (χ3v) is 20.7. The first-order valence-electron chi connectivity index (χ1n) is 16.6. The Bertz CT molecular complexity index is 1470. The number of nitrogens with zero attached hydrogens (tertiary/aromatic N) is 1. The van der Waals surface area contributed by atoms with E-state index in [1.807, 2.05) is 4.50 Å². The van der Waals surface area contributed by atoms with Crippen molar-refractivity contribution in [2.75, 3.05) is 0 Å². The molecule has 1 saturated carbocycles. The number of rotatable bonds is 9. The minimum atomic E-state index is -1.87. The molecule has 1 aliphatic rings. The standard InChI is InChI=1S/C38H53NSSi/c1-9-29(10-2)41(30(11-3)12-4,31-19-14-13-15-20-31)37-26(5)32-22-23-39-35(36(32)40-37)28-24-27-18-16-17-21-33(27)34(25-28)38(6,7)8/h16-18,21-25,29-31H,9-15,19-20H2,1-8H3. The van der Waals surface area contributed by atoms with Crippen molar-refractivity contribution in [1.82, 2.24) is 4.98 Å². The molecular weight excluding hydrogens is 531 g/mol. The van der Waals surface area contributed by atoms with Gasteiger partial charge in [-0.15, -0.1) is 11.3 Å². The van der Waals surface area contributed by atoms with E-state index in [0.717, 1.165) is 16.6 Å². The first-order valence-corrected chi connectivity index (χ1v) is 19.7. The summed E-state index contributed by atoms with van der Waals surface area (Å²) >= 11 is 2.18. The second-order valence-electron chi connectivity index (χ2n) is 13.9. The molecule has 2 heterocycles. The van der Waals surface area contributed by atoms with Crippen LogP contribution in [0.3, 0.4) is 0 Å². The highest BCUT2D eigenvalue weighted by atomic mass is 32.1. The number of benzene rings is 2. The molecule has 0 spiro atoms. The van der Waals surface area contributed by atoms with Crippen LogP contribution in [0.4, 0.5) is 0 Å². The number of fused-ring (bicyclic) bond motifs is 2. The van der Waals surface area contributed by atoms with Gasteiger partial charge in [0.05, 0.1) is 10.4 Å². The Morgan fingerprint density at radius 1 is 0.854 bits per heavy atom. The zero-order valence-corrected chi connectivity index (χ0v) is 28.9. The largest absolute Gasteiger partial charge is 0.255 e. The average molecular weight is 584 g/mol.